The molecule has 1 aromatic carbocycles. The average Bonchev–Trinajstić information content (AvgIpc) is 3.06. The van der Waals surface area contributed by atoms with E-state index in [9.17, 15) is 24.3 Å². The molecule has 2 aliphatic carbocycles. The maximum Gasteiger partial charge on any atom is 0.345 e. The number of pyridine rings is 1. The first kappa shape index (κ1) is 34.7. The van der Waals surface area contributed by atoms with E-state index in [0.717, 1.165) is 0 Å². The van der Waals surface area contributed by atoms with E-state index in [1.807, 2.05) is 13.8 Å². The van der Waals surface area contributed by atoms with Crippen molar-refractivity contribution in [1.82, 2.24) is 4.98 Å². The van der Waals surface area contributed by atoms with Gasteiger partial charge in [0.15, 0.2) is 0 Å². The van der Waals surface area contributed by atoms with Gasteiger partial charge in [-0.15, -0.1) is 0 Å². The van der Waals surface area contributed by atoms with E-state index in [-0.39, 0.29) is 35.7 Å². The van der Waals surface area contributed by atoms with Gasteiger partial charge < -0.3 is 28.5 Å². The van der Waals surface area contributed by atoms with E-state index in [1.54, 1.807) is 25.3 Å². The fourth-order valence-corrected chi connectivity index (χ4v) is 8.75. The Balaban J connectivity index is 1.49. The Hall–Kier alpha value is -5.20. The lowest BCUT2D eigenvalue weighted by atomic mass is 9.42. The van der Waals surface area contributed by atoms with Crippen molar-refractivity contribution in [2.45, 2.75) is 77.8 Å². The molecule has 6 rings (SSSR count). The Morgan fingerprint density at radius 1 is 1.08 bits per heavy atom. The zero-order valence-electron chi connectivity index (χ0n) is 28.3. The SMILES string of the molecule is CC(=O)OC[C@@]1(C)C2C[C@H](OC(=O)c3ccc(N=[N+]=[N-])cc3)[C@@]3(C)Oc4cc(-c5cccnc5)oc(=O)c4[C@H](O)C3[C@@]2(C)CC[C@@H]1OC(C)=O. The van der Waals surface area contributed by atoms with Crippen LogP contribution < -0.4 is 10.4 Å². The number of aliphatic hydroxyl groups is 1. The third kappa shape index (κ3) is 5.88. The van der Waals surface area contributed by atoms with Crippen LogP contribution in [-0.2, 0) is 23.8 Å². The molecule has 0 bridgehead atoms. The number of aromatic nitrogens is 1. The van der Waals surface area contributed by atoms with Gasteiger partial charge in [-0.1, -0.05) is 31.1 Å². The first-order chi connectivity index (χ1) is 23.7. The van der Waals surface area contributed by atoms with Gasteiger partial charge in [0.05, 0.1) is 11.7 Å². The quantitative estimate of drug-likeness (QED) is 0.101. The molecule has 3 aromatic rings. The van der Waals surface area contributed by atoms with Crippen LogP contribution in [-0.4, -0.2) is 52.4 Å². The molecule has 2 unspecified atom stereocenters. The molecule has 2 aromatic heterocycles. The summed E-state index contributed by atoms with van der Waals surface area (Å²) in [5.41, 5.74) is 5.72. The third-order valence-electron chi connectivity index (χ3n) is 10.9. The summed E-state index contributed by atoms with van der Waals surface area (Å²) in [6, 6.07) is 10.8. The molecule has 0 saturated heterocycles. The zero-order valence-corrected chi connectivity index (χ0v) is 28.3. The van der Waals surface area contributed by atoms with Crippen molar-refractivity contribution in [2.24, 2.45) is 27.8 Å². The van der Waals surface area contributed by atoms with Gasteiger partial charge in [-0.05, 0) is 67.3 Å². The van der Waals surface area contributed by atoms with Gasteiger partial charge in [0.1, 0.15) is 41.5 Å². The molecule has 50 heavy (non-hydrogen) atoms. The molecule has 14 heteroatoms. The van der Waals surface area contributed by atoms with Crippen LogP contribution in [0.15, 0.2) is 69.2 Å². The fraction of sp³-hybridized carbons (Fsp3) is 0.472. The Kier molecular flexibility index (Phi) is 8.96. The van der Waals surface area contributed by atoms with Crippen molar-refractivity contribution in [3.63, 3.8) is 0 Å². The van der Waals surface area contributed by atoms with Gasteiger partial charge in [-0.3, -0.25) is 14.6 Å². The summed E-state index contributed by atoms with van der Waals surface area (Å²) < 4.78 is 30.2. The number of carbonyl (C=O) groups is 3. The minimum Gasteiger partial charge on any atom is -0.482 e. The second kappa shape index (κ2) is 12.9. The highest BCUT2D eigenvalue weighted by Gasteiger charge is 2.71. The van der Waals surface area contributed by atoms with Crippen LogP contribution in [0, 0.1) is 22.7 Å². The Morgan fingerprint density at radius 3 is 2.46 bits per heavy atom. The topological polar surface area (TPSA) is 200 Å². The average molecular weight is 687 g/mol. The van der Waals surface area contributed by atoms with Crippen LogP contribution >= 0.6 is 0 Å². The van der Waals surface area contributed by atoms with Gasteiger partial charge in [-0.25, -0.2) is 9.59 Å². The summed E-state index contributed by atoms with van der Waals surface area (Å²) in [7, 11) is 0. The van der Waals surface area contributed by atoms with E-state index < -0.39 is 70.1 Å². The van der Waals surface area contributed by atoms with Gasteiger partial charge in [0, 0.05) is 59.8 Å². The number of aliphatic hydroxyl groups excluding tert-OH is 1. The van der Waals surface area contributed by atoms with Gasteiger partial charge in [0.25, 0.3) is 0 Å². The number of carbonyl (C=O) groups excluding carboxylic acids is 3. The smallest absolute Gasteiger partial charge is 0.345 e. The highest BCUT2D eigenvalue weighted by molar-refractivity contribution is 5.90. The normalized spacial score (nSPS) is 31.0. The number of esters is 3. The second-order valence-corrected chi connectivity index (χ2v) is 14.0. The maximum atomic E-state index is 13.8. The lowest BCUT2D eigenvalue weighted by molar-refractivity contribution is -0.266. The molecule has 262 valence electrons. The van der Waals surface area contributed by atoms with Crippen LogP contribution in [0.5, 0.6) is 5.75 Å². The first-order valence-electron chi connectivity index (χ1n) is 16.3. The van der Waals surface area contributed by atoms with Crippen molar-refractivity contribution in [1.29, 1.82) is 0 Å². The molecule has 2 saturated carbocycles. The largest absolute Gasteiger partial charge is 0.482 e. The summed E-state index contributed by atoms with van der Waals surface area (Å²) in [6.45, 7) is 8.08. The lowest BCUT2D eigenvalue weighted by Gasteiger charge is -2.66. The molecule has 2 fully saturated rings. The number of nitrogens with zero attached hydrogens (tertiary/aromatic N) is 4. The minimum atomic E-state index is -1.43. The maximum absolute atomic E-state index is 13.8. The molecular weight excluding hydrogens is 648 g/mol. The van der Waals surface area contributed by atoms with E-state index in [4.69, 9.17) is 28.9 Å². The van der Waals surface area contributed by atoms with Gasteiger partial charge in [0.2, 0.25) is 0 Å². The van der Waals surface area contributed by atoms with Crippen LogP contribution in [0.1, 0.15) is 75.9 Å². The van der Waals surface area contributed by atoms with Crippen molar-refractivity contribution < 1.29 is 42.9 Å². The highest BCUT2D eigenvalue weighted by Crippen LogP contribution is 2.67. The van der Waals surface area contributed by atoms with Crippen LogP contribution in [0.4, 0.5) is 5.69 Å². The van der Waals surface area contributed by atoms with Crippen LogP contribution in [0.3, 0.4) is 0 Å². The molecule has 0 spiro atoms. The van der Waals surface area contributed by atoms with Crippen molar-refractivity contribution in [2.75, 3.05) is 6.61 Å². The number of benzene rings is 1. The number of hydrogen-bond acceptors (Lipinski definition) is 12. The van der Waals surface area contributed by atoms with Crippen molar-refractivity contribution in [3.8, 4) is 17.1 Å². The molecule has 1 N–H and O–H groups in total. The summed E-state index contributed by atoms with van der Waals surface area (Å²) in [5.74, 6) is -2.80. The predicted octanol–water partition coefficient (Wildman–Crippen LogP) is 5.99. The summed E-state index contributed by atoms with van der Waals surface area (Å²) in [5, 5.41) is 15.9. The molecule has 0 radical (unpaired) electrons. The summed E-state index contributed by atoms with van der Waals surface area (Å²) >= 11 is 0. The molecule has 1 aliphatic heterocycles. The van der Waals surface area contributed by atoms with Gasteiger partial charge >= 0.3 is 23.5 Å². The predicted molar refractivity (Wildman–Crippen MR) is 176 cm³/mol. The Bertz CT molecular complexity index is 1930. The third-order valence-corrected chi connectivity index (χ3v) is 10.9. The Labute approximate surface area is 287 Å². The van der Waals surface area contributed by atoms with Crippen LogP contribution in [0.2, 0.25) is 0 Å². The number of fused-ring (bicyclic) bond motifs is 4. The molecule has 0 amide bonds. The molecule has 3 heterocycles. The highest BCUT2D eigenvalue weighted by atomic mass is 16.6. The van der Waals surface area contributed by atoms with E-state index >= 15 is 0 Å². The minimum absolute atomic E-state index is 0.0653. The number of hydrogen-bond donors (Lipinski definition) is 1. The molecule has 14 nitrogen and oxygen atoms in total. The summed E-state index contributed by atoms with van der Waals surface area (Å²) in [6.07, 6.45) is 0.953. The van der Waals surface area contributed by atoms with Crippen molar-refractivity contribution in [3.05, 3.63) is 86.8 Å². The molecule has 8 atom stereocenters. The Morgan fingerprint density at radius 2 is 1.82 bits per heavy atom. The number of rotatable bonds is 7. The van der Waals surface area contributed by atoms with E-state index in [1.165, 1.54) is 50.4 Å². The molecule has 3 aliphatic rings. The monoisotopic (exact) mass is 686 g/mol. The van der Waals surface area contributed by atoms with E-state index in [2.05, 4.69) is 15.0 Å². The van der Waals surface area contributed by atoms with Crippen molar-refractivity contribution >= 4 is 23.6 Å². The lowest BCUT2D eigenvalue weighted by Crippen LogP contribution is -2.71. The first-order valence-corrected chi connectivity index (χ1v) is 16.3. The van der Waals surface area contributed by atoms with Gasteiger partial charge in [-0.2, -0.15) is 0 Å². The second-order valence-electron chi connectivity index (χ2n) is 14.0. The molecular formula is C36H38N4O10. The number of azide groups is 1. The summed E-state index contributed by atoms with van der Waals surface area (Å²) in [4.78, 5) is 58.8. The van der Waals surface area contributed by atoms with E-state index in [0.29, 0.717) is 24.1 Å². The fourth-order valence-electron chi connectivity index (χ4n) is 8.75. The zero-order chi connectivity index (χ0) is 36.0. The van der Waals surface area contributed by atoms with Crippen LogP contribution in [0.25, 0.3) is 21.8 Å². The number of ether oxygens (including phenoxy) is 4. The standard InChI is InChI=1S/C36H38N4O10/c1-19(41)46-18-35(4)26-16-28(49-32(44)21-8-10-23(11-9-21)39-40-37)36(5)31(34(26,3)13-12-27(35)47-20(2)42)30(43)29-25(50-36)15-24(48-33(29)45)22-7-6-14-38-17-22/h6-11,14-15,17,26-28,30-31,43H,12-13,16,18H2,1-5H3/t26?,27-,28-,30-,31?,34-,35-,36+/m0/s1.